The summed E-state index contributed by atoms with van der Waals surface area (Å²) in [5, 5.41) is 0. The molecule has 0 saturated heterocycles. The maximum absolute atomic E-state index is 13.2. The van der Waals surface area contributed by atoms with Crippen LogP contribution in [0.2, 0.25) is 0 Å². The Morgan fingerprint density at radius 1 is 1.50 bits per heavy atom. The molecule has 1 rings (SSSR count). The molecule has 1 aromatic rings. The summed E-state index contributed by atoms with van der Waals surface area (Å²) < 4.78 is 19.8. The average Bonchev–Trinajstić information content (AvgIpc) is 2.14. The number of benzene rings is 1. The van der Waals surface area contributed by atoms with Crippen molar-refractivity contribution in [3.8, 4) is 5.75 Å². The molecule has 0 N–H and O–H groups in total. The molecule has 0 amide bonds. The van der Waals surface area contributed by atoms with E-state index < -0.39 is 0 Å². The minimum Gasteiger partial charge on any atom is -0.490 e. The number of hydrogen-bond acceptors (Lipinski definition) is 1. The van der Waals surface area contributed by atoms with Crippen molar-refractivity contribution in [2.45, 2.75) is 6.92 Å². The number of halogens is 4. The molecule has 0 aliphatic rings. The summed E-state index contributed by atoms with van der Waals surface area (Å²) in [7, 11) is 0. The number of alkyl halides is 1. The Morgan fingerprint density at radius 3 is 2.71 bits per heavy atom. The van der Waals surface area contributed by atoms with Crippen LogP contribution in [-0.4, -0.2) is 12.5 Å². The van der Waals surface area contributed by atoms with E-state index in [0.29, 0.717) is 32.7 Å². The van der Waals surface area contributed by atoms with Gasteiger partial charge in [0.25, 0.3) is 0 Å². The second-order valence-corrected chi connectivity index (χ2v) is 4.67. The van der Waals surface area contributed by atoms with Crippen LogP contribution in [0.4, 0.5) is 4.39 Å². The smallest absolute Gasteiger partial charge is 0.148 e. The van der Waals surface area contributed by atoms with Crippen molar-refractivity contribution in [3.63, 3.8) is 0 Å². The first-order chi connectivity index (χ1) is 6.57. The van der Waals surface area contributed by atoms with Gasteiger partial charge in [0.2, 0.25) is 0 Å². The summed E-state index contributed by atoms with van der Waals surface area (Å²) in [6, 6.07) is 1.38. The Hall–Kier alpha value is 0.200. The fraction of sp³-hybridized carbons (Fsp3) is 0.333. The van der Waals surface area contributed by atoms with E-state index in [2.05, 4.69) is 31.9 Å². The van der Waals surface area contributed by atoms with Gasteiger partial charge in [0, 0.05) is 5.56 Å². The Balaban J connectivity index is 3.09. The SMILES string of the molecule is Cc1c(F)cc(Br)c(OCCCl)c1Br. The topological polar surface area (TPSA) is 9.23 Å². The fourth-order valence-electron chi connectivity index (χ4n) is 0.938. The summed E-state index contributed by atoms with van der Waals surface area (Å²) in [6.07, 6.45) is 0. The van der Waals surface area contributed by atoms with E-state index >= 15 is 0 Å². The molecule has 1 nitrogen and oxygen atoms in total. The molecule has 0 aliphatic heterocycles. The third kappa shape index (κ3) is 2.61. The average molecular weight is 346 g/mol. The van der Waals surface area contributed by atoms with Gasteiger partial charge in [0.1, 0.15) is 18.2 Å². The maximum Gasteiger partial charge on any atom is 0.148 e. The monoisotopic (exact) mass is 344 g/mol. The van der Waals surface area contributed by atoms with Crippen LogP contribution < -0.4 is 4.74 Å². The fourth-order valence-corrected chi connectivity index (χ4v) is 2.31. The molecule has 5 heteroatoms. The Kier molecular flexibility index (Phi) is 4.67. The van der Waals surface area contributed by atoms with Crippen molar-refractivity contribution in [1.29, 1.82) is 0 Å². The lowest BCUT2D eigenvalue weighted by Crippen LogP contribution is -2.01. The van der Waals surface area contributed by atoms with Gasteiger partial charge in [-0.05, 0) is 44.8 Å². The highest BCUT2D eigenvalue weighted by atomic mass is 79.9. The van der Waals surface area contributed by atoms with Gasteiger partial charge in [0.05, 0.1) is 14.8 Å². The first-order valence-electron chi connectivity index (χ1n) is 3.90. The van der Waals surface area contributed by atoms with Gasteiger partial charge in [-0.2, -0.15) is 0 Å². The second kappa shape index (κ2) is 5.33. The van der Waals surface area contributed by atoms with E-state index in [4.69, 9.17) is 16.3 Å². The minimum absolute atomic E-state index is 0.276. The van der Waals surface area contributed by atoms with E-state index in [1.165, 1.54) is 6.07 Å². The summed E-state index contributed by atoms with van der Waals surface area (Å²) in [5.74, 6) is 0.710. The molecule has 0 atom stereocenters. The minimum atomic E-state index is -0.276. The van der Waals surface area contributed by atoms with Gasteiger partial charge in [-0.3, -0.25) is 0 Å². The van der Waals surface area contributed by atoms with Crippen molar-refractivity contribution in [3.05, 3.63) is 26.4 Å². The zero-order chi connectivity index (χ0) is 10.7. The van der Waals surface area contributed by atoms with Crippen LogP contribution in [0.5, 0.6) is 5.75 Å². The van der Waals surface area contributed by atoms with E-state index in [1.807, 2.05) is 0 Å². The summed E-state index contributed by atoms with van der Waals surface area (Å²) in [4.78, 5) is 0. The molecule has 78 valence electrons. The quantitative estimate of drug-likeness (QED) is 0.743. The molecular formula is C9H8Br2ClFO. The molecule has 0 aliphatic carbocycles. The third-order valence-electron chi connectivity index (χ3n) is 1.68. The molecule has 1 aromatic carbocycles. The van der Waals surface area contributed by atoms with Crippen LogP contribution in [0.25, 0.3) is 0 Å². The van der Waals surface area contributed by atoms with E-state index in [9.17, 15) is 4.39 Å². The van der Waals surface area contributed by atoms with Crippen LogP contribution >= 0.6 is 43.5 Å². The lowest BCUT2D eigenvalue weighted by Gasteiger charge is -2.11. The highest BCUT2D eigenvalue weighted by Gasteiger charge is 2.13. The Labute approximate surface area is 104 Å². The van der Waals surface area contributed by atoms with Gasteiger partial charge in [-0.1, -0.05) is 0 Å². The maximum atomic E-state index is 13.2. The van der Waals surface area contributed by atoms with Gasteiger partial charge >= 0.3 is 0 Å². The molecule has 0 saturated carbocycles. The van der Waals surface area contributed by atoms with Crippen LogP contribution in [0.1, 0.15) is 5.56 Å². The van der Waals surface area contributed by atoms with Gasteiger partial charge in [0.15, 0.2) is 0 Å². The summed E-state index contributed by atoms with van der Waals surface area (Å²) in [6.45, 7) is 2.07. The molecule has 0 radical (unpaired) electrons. The number of hydrogen-bond donors (Lipinski definition) is 0. The van der Waals surface area contributed by atoms with Crippen molar-refractivity contribution < 1.29 is 9.13 Å². The first-order valence-corrected chi connectivity index (χ1v) is 6.02. The Bertz CT molecular complexity index is 344. The molecule has 0 fully saturated rings. The molecular weight excluding hydrogens is 338 g/mol. The lowest BCUT2D eigenvalue weighted by atomic mass is 10.2. The van der Waals surface area contributed by atoms with Crippen molar-refractivity contribution in [2.75, 3.05) is 12.5 Å². The highest BCUT2D eigenvalue weighted by Crippen LogP contribution is 2.37. The normalized spacial score (nSPS) is 10.4. The zero-order valence-electron chi connectivity index (χ0n) is 7.41. The largest absolute Gasteiger partial charge is 0.490 e. The second-order valence-electron chi connectivity index (χ2n) is 2.65. The molecule has 0 heterocycles. The standard InChI is InChI=1S/C9H8Br2ClFO/c1-5-7(13)4-6(10)9(8(5)11)14-3-2-12/h4H,2-3H2,1H3. The van der Waals surface area contributed by atoms with Gasteiger partial charge < -0.3 is 4.74 Å². The van der Waals surface area contributed by atoms with Crippen molar-refractivity contribution >= 4 is 43.5 Å². The summed E-state index contributed by atoms with van der Waals surface area (Å²) in [5.41, 5.74) is 0.526. The zero-order valence-corrected chi connectivity index (χ0v) is 11.3. The Morgan fingerprint density at radius 2 is 2.14 bits per heavy atom. The van der Waals surface area contributed by atoms with Gasteiger partial charge in [-0.15, -0.1) is 11.6 Å². The molecule has 0 unspecified atom stereocenters. The summed E-state index contributed by atoms with van der Waals surface area (Å²) >= 11 is 12.0. The van der Waals surface area contributed by atoms with Crippen LogP contribution in [0.15, 0.2) is 15.0 Å². The highest BCUT2D eigenvalue weighted by molar-refractivity contribution is 9.11. The van der Waals surface area contributed by atoms with E-state index in [0.717, 1.165) is 0 Å². The molecule has 0 bridgehead atoms. The van der Waals surface area contributed by atoms with E-state index in [1.54, 1.807) is 6.92 Å². The molecule has 0 aromatic heterocycles. The predicted octanol–water partition coefficient (Wildman–Crippen LogP) is 4.28. The van der Waals surface area contributed by atoms with Crippen molar-refractivity contribution in [1.82, 2.24) is 0 Å². The van der Waals surface area contributed by atoms with E-state index in [-0.39, 0.29) is 5.82 Å². The molecule has 0 spiro atoms. The first kappa shape index (κ1) is 12.3. The van der Waals surface area contributed by atoms with Crippen LogP contribution in [0, 0.1) is 12.7 Å². The number of ether oxygens (including phenoxy) is 1. The molecule has 14 heavy (non-hydrogen) atoms. The third-order valence-corrected chi connectivity index (χ3v) is 3.38. The van der Waals surface area contributed by atoms with Crippen molar-refractivity contribution in [2.24, 2.45) is 0 Å². The predicted molar refractivity (Wildman–Crippen MR) is 62.8 cm³/mol. The number of rotatable bonds is 3. The van der Waals surface area contributed by atoms with Gasteiger partial charge in [-0.25, -0.2) is 4.39 Å². The van der Waals surface area contributed by atoms with Crippen LogP contribution in [0.3, 0.4) is 0 Å². The lowest BCUT2D eigenvalue weighted by molar-refractivity contribution is 0.337. The van der Waals surface area contributed by atoms with Crippen LogP contribution in [-0.2, 0) is 0 Å².